The molecular weight excluding hydrogens is 369 g/mol. The molecule has 2 aliphatic rings. The van der Waals surface area contributed by atoms with Crippen molar-refractivity contribution in [3.8, 4) is 11.5 Å². The summed E-state index contributed by atoms with van der Waals surface area (Å²) >= 11 is 0. The number of hydrogen-bond donors (Lipinski definition) is 2. The summed E-state index contributed by atoms with van der Waals surface area (Å²) in [4.78, 5) is 16.6. The van der Waals surface area contributed by atoms with Crippen molar-refractivity contribution < 1.29 is 13.6 Å². The Hall–Kier alpha value is -1.92. The highest BCUT2D eigenvalue weighted by Gasteiger charge is 2.34. The third kappa shape index (κ3) is 5.08. The van der Waals surface area contributed by atoms with E-state index in [1.54, 1.807) is 18.4 Å². The number of fused-ring (bicyclic) bond motifs is 2. The average molecular weight is 394 g/mol. The van der Waals surface area contributed by atoms with Gasteiger partial charge in [0.05, 0.1) is 5.69 Å². The maximum absolute atomic E-state index is 13.0. The molecule has 5 nitrogen and oxygen atoms in total. The Balaban J connectivity index is 0.00000210. The SMILES string of the molecule is Cl.O=C(CC1CC2CCC(C1)N2)NCCc1coc(-c2ccc(F)cc2)n1. The van der Waals surface area contributed by atoms with E-state index in [1.807, 2.05) is 0 Å². The largest absolute Gasteiger partial charge is 0.444 e. The van der Waals surface area contributed by atoms with Gasteiger partial charge in [-0.1, -0.05) is 0 Å². The first kappa shape index (κ1) is 19.8. The van der Waals surface area contributed by atoms with Gasteiger partial charge in [-0.05, 0) is 55.9 Å². The molecule has 2 aromatic rings. The Bertz CT molecular complexity index is 753. The van der Waals surface area contributed by atoms with Crippen molar-refractivity contribution in [2.24, 2.45) is 5.92 Å². The van der Waals surface area contributed by atoms with E-state index in [0.29, 0.717) is 43.3 Å². The van der Waals surface area contributed by atoms with Crippen LogP contribution >= 0.6 is 12.4 Å². The van der Waals surface area contributed by atoms with E-state index < -0.39 is 0 Å². The van der Waals surface area contributed by atoms with E-state index in [-0.39, 0.29) is 24.1 Å². The zero-order valence-electron chi connectivity index (χ0n) is 15.1. The second-order valence-electron chi connectivity index (χ2n) is 7.43. The monoisotopic (exact) mass is 393 g/mol. The molecule has 4 rings (SSSR count). The maximum Gasteiger partial charge on any atom is 0.226 e. The second kappa shape index (κ2) is 8.85. The molecule has 0 aliphatic carbocycles. The first-order valence-electron chi connectivity index (χ1n) is 9.39. The van der Waals surface area contributed by atoms with Crippen LogP contribution in [0.4, 0.5) is 4.39 Å². The Morgan fingerprint density at radius 3 is 2.63 bits per heavy atom. The molecule has 1 aromatic carbocycles. The van der Waals surface area contributed by atoms with Crippen LogP contribution in [0.2, 0.25) is 0 Å². The fraction of sp³-hybridized carbons (Fsp3) is 0.500. The molecule has 2 fully saturated rings. The molecule has 0 spiro atoms. The van der Waals surface area contributed by atoms with E-state index in [0.717, 1.165) is 24.1 Å². The summed E-state index contributed by atoms with van der Waals surface area (Å²) in [6.07, 6.45) is 7.58. The summed E-state index contributed by atoms with van der Waals surface area (Å²) in [6, 6.07) is 7.27. The van der Waals surface area contributed by atoms with E-state index >= 15 is 0 Å². The third-order valence-corrected chi connectivity index (χ3v) is 5.39. The minimum Gasteiger partial charge on any atom is -0.444 e. The number of aromatic nitrogens is 1. The van der Waals surface area contributed by atoms with Crippen LogP contribution in [0.3, 0.4) is 0 Å². The van der Waals surface area contributed by atoms with Crippen molar-refractivity contribution in [1.29, 1.82) is 0 Å². The predicted molar refractivity (Wildman–Crippen MR) is 103 cm³/mol. The molecule has 0 radical (unpaired) electrons. The van der Waals surface area contributed by atoms with Gasteiger partial charge in [0, 0.05) is 37.0 Å². The van der Waals surface area contributed by atoms with Crippen LogP contribution in [-0.4, -0.2) is 29.5 Å². The van der Waals surface area contributed by atoms with Gasteiger partial charge in [0.15, 0.2) is 0 Å². The van der Waals surface area contributed by atoms with Crippen LogP contribution in [0.1, 0.15) is 37.8 Å². The number of amides is 1. The summed E-state index contributed by atoms with van der Waals surface area (Å²) in [5.41, 5.74) is 1.52. The smallest absolute Gasteiger partial charge is 0.226 e. The van der Waals surface area contributed by atoms with Gasteiger partial charge in [-0.25, -0.2) is 9.37 Å². The molecule has 1 amide bonds. The van der Waals surface area contributed by atoms with Crippen molar-refractivity contribution >= 4 is 18.3 Å². The Morgan fingerprint density at radius 2 is 1.93 bits per heavy atom. The zero-order valence-corrected chi connectivity index (χ0v) is 15.9. The average Bonchev–Trinajstić information content (AvgIpc) is 3.22. The number of carbonyl (C=O) groups excluding carboxylic acids is 1. The van der Waals surface area contributed by atoms with Gasteiger partial charge in [0.25, 0.3) is 0 Å². The molecular formula is C20H25ClFN3O2. The maximum atomic E-state index is 13.0. The molecule has 2 N–H and O–H groups in total. The summed E-state index contributed by atoms with van der Waals surface area (Å²) in [5.74, 6) is 0.811. The zero-order chi connectivity index (χ0) is 17.9. The lowest BCUT2D eigenvalue weighted by molar-refractivity contribution is -0.122. The summed E-state index contributed by atoms with van der Waals surface area (Å²) in [6.45, 7) is 0.548. The normalized spacial score (nSPS) is 23.7. The Labute approximate surface area is 164 Å². The molecule has 0 saturated carbocycles. The van der Waals surface area contributed by atoms with Crippen LogP contribution < -0.4 is 10.6 Å². The molecule has 2 bridgehead atoms. The van der Waals surface area contributed by atoms with E-state index in [9.17, 15) is 9.18 Å². The summed E-state index contributed by atoms with van der Waals surface area (Å²) in [7, 11) is 0. The first-order valence-corrected chi connectivity index (χ1v) is 9.39. The molecule has 146 valence electrons. The van der Waals surface area contributed by atoms with Crippen molar-refractivity contribution in [2.45, 2.75) is 50.6 Å². The van der Waals surface area contributed by atoms with Gasteiger partial charge in [0.2, 0.25) is 11.8 Å². The van der Waals surface area contributed by atoms with Gasteiger partial charge in [-0.15, -0.1) is 12.4 Å². The third-order valence-electron chi connectivity index (χ3n) is 5.39. The number of nitrogens with zero attached hydrogens (tertiary/aromatic N) is 1. The number of nitrogens with one attached hydrogen (secondary N) is 2. The van der Waals surface area contributed by atoms with E-state index in [2.05, 4.69) is 15.6 Å². The van der Waals surface area contributed by atoms with Gasteiger partial charge < -0.3 is 15.1 Å². The van der Waals surface area contributed by atoms with Crippen LogP contribution in [-0.2, 0) is 11.2 Å². The predicted octanol–water partition coefficient (Wildman–Crippen LogP) is 3.48. The molecule has 3 heterocycles. The standard InChI is InChI=1S/C20H24FN3O2.ClH/c21-15-3-1-14(2-4-15)20-24-18(12-26-20)7-8-22-19(25)11-13-9-16-5-6-17(10-13)23-16;/h1-4,12-13,16-17,23H,5-11H2,(H,22,25);1H. The van der Waals surface area contributed by atoms with E-state index in [1.165, 1.54) is 25.0 Å². The summed E-state index contributed by atoms with van der Waals surface area (Å²) in [5, 5.41) is 6.60. The quantitative estimate of drug-likeness (QED) is 0.788. The lowest BCUT2D eigenvalue weighted by Crippen LogP contribution is -2.39. The van der Waals surface area contributed by atoms with Crippen LogP contribution in [0.15, 0.2) is 34.9 Å². The second-order valence-corrected chi connectivity index (χ2v) is 7.43. The number of benzene rings is 1. The van der Waals surface area contributed by atoms with Gasteiger partial charge in [0.1, 0.15) is 12.1 Å². The van der Waals surface area contributed by atoms with Gasteiger partial charge in [-0.2, -0.15) is 0 Å². The van der Waals surface area contributed by atoms with Crippen molar-refractivity contribution in [3.63, 3.8) is 0 Å². The fourth-order valence-corrected chi connectivity index (χ4v) is 4.15. The number of halogens is 2. The highest BCUT2D eigenvalue weighted by atomic mass is 35.5. The summed E-state index contributed by atoms with van der Waals surface area (Å²) < 4.78 is 18.4. The number of hydrogen-bond acceptors (Lipinski definition) is 4. The number of oxazole rings is 1. The molecule has 2 unspecified atom stereocenters. The highest BCUT2D eigenvalue weighted by Crippen LogP contribution is 2.32. The highest BCUT2D eigenvalue weighted by molar-refractivity contribution is 5.85. The minimum absolute atomic E-state index is 0. The van der Waals surface area contributed by atoms with Crippen molar-refractivity contribution in [3.05, 3.63) is 42.0 Å². The lowest BCUT2D eigenvalue weighted by Gasteiger charge is -2.28. The lowest BCUT2D eigenvalue weighted by atomic mass is 9.89. The number of carbonyl (C=O) groups is 1. The molecule has 2 atom stereocenters. The molecule has 27 heavy (non-hydrogen) atoms. The van der Waals surface area contributed by atoms with Gasteiger partial charge in [-0.3, -0.25) is 4.79 Å². The van der Waals surface area contributed by atoms with Crippen LogP contribution in [0.5, 0.6) is 0 Å². The van der Waals surface area contributed by atoms with Crippen LogP contribution in [0, 0.1) is 11.7 Å². The van der Waals surface area contributed by atoms with Crippen LogP contribution in [0.25, 0.3) is 11.5 Å². The molecule has 1 aromatic heterocycles. The Morgan fingerprint density at radius 1 is 1.22 bits per heavy atom. The first-order chi connectivity index (χ1) is 12.7. The Kier molecular flexibility index (Phi) is 6.50. The fourth-order valence-electron chi connectivity index (χ4n) is 4.15. The topological polar surface area (TPSA) is 67.2 Å². The van der Waals surface area contributed by atoms with E-state index in [4.69, 9.17) is 4.42 Å². The molecule has 7 heteroatoms. The number of rotatable bonds is 6. The molecule has 2 aliphatic heterocycles. The van der Waals surface area contributed by atoms with Gasteiger partial charge >= 0.3 is 0 Å². The van der Waals surface area contributed by atoms with Crippen molar-refractivity contribution in [1.82, 2.24) is 15.6 Å². The number of piperidine rings is 1. The molecule has 2 saturated heterocycles. The van der Waals surface area contributed by atoms with Crippen molar-refractivity contribution in [2.75, 3.05) is 6.54 Å². The minimum atomic E-state index is -0.287.